The molecule has 1 rings (SSSR count). The third-order valence-electron chi connectivity index (χ3n) is 3.31. The fourth-order valence-electron chi connectivity index (χ4n) is 1.97. The molecule has 6 nitrogen and oxygen atoms in total. The number of carboxylic acid groups (broad SMARTS) is 1. The molecule has 1 aromatic rings. The fourth-order valence-corrected chi connectivity index (χ4v) is 1.97. The van der Waals surface area contributed by atoms with Crippen LogP contribution in [-0.2, 0) is 0 Å². The van der Waals surface area contributed by atoms with Crippen molar-refractivity contribution in [1.29, 1.82) is 5.26 Å². The summed E-state index contributed by atoms with van der Waals surface area (Å²) in [4.78, 5) is 24.8. The molecule has 0 heterocycles. The van der Waals surface area contributed by atoms with E-state index in [4.69, 9.17) is 5.26 Å². The summed E-state index contributed by atoms with van der Waals surface area (Å²) < 4.78 is 0. The fraction of sp³-hybridized carbons (Fsp3) is 0.400. The summed E-state index contributed by atoms with van der Waals surface area (Å²) in [5.74, 6) is -1.09. The first-order valence-corrected chi connectivity index (χ1v) is 6.53. The number of nitrogens with zero attached hydrogens (tertiary/aromatic N) is 2. The van der Waals surface area contributed by atoms with Gasteiger partial charge in [-0.1, -0.05) is 6.07 Å². The maximum Gasteiger partial charge on any atom is 0.337 e. The highest BCUT2D eigenvalue weighted by Crippen LogP contribution is 2.23. The Hall–Kier alpha value is -2.55. The third kappa shape index (κ3) is 3.96. The number of rotatable bonds is 4. The first-order chi connectivity index (χ1) is 9.77. The molecule has 0 aliphatic rings. The van der Waals surface area contributed by atoms with Crippen molar-refractivity contribution in [3.8, 4) is 6.07 Å². The smallest absolute Gasteiger partial charge is 0.337 e. The Bertz CT molecular complexity index is 605. The van der Waals surface area contributed by atoms with Gasteiger partial charge in [0.25, 0.3) is 0 Å². The molecule has 1 atom stereocenters. The lowest BCUT2D eigenvalue weighted by Crippen LogP contribution is -2.38. The molecule has 21 heavy (non-hydrogen) atoms. The van der Waals surface area contributed by atoms with Crippen LogP contribution in [0.3, 0.4) is 0 Å². The van der Waals surface area contributed by atoms with E-state index >= 15 is 0 Å². The summed E-state index contributed by atoms with van der Waals surface area (Å²) in [7, 11) is 1.57. The number of amides is 2. The quantitative estimate of drug-likeness (QED) is 0.891. The lowest BCUT2D eigenvalue weighted by Gasteiger charge is -2.24. The molecule has 112 valence electrons. The Balaban J connectivity index is 3.05. The third-order valence-corrected chi connectivity index (χ3v) is 3.31. The lowest BCUT2D eigenvalue weighted by atomic mass is 10.0. The molecule has 0 aliphatic carbocycles. The van der Waals surface area contributed by atoms with Crippen molar-refractivity contribution >= 4 is 17.7 Å². The van der Waals surface area contributed by atoms with E-state index in [-0.39, 0.29) is 23.7 Å². The summed E-state index contributed by atoms with van der Waals surface area (Å²) in [6, 6.07) is 4.63. The number of aromatic carboxylic acids is 1. The summed E-state index contributed by atoms with van der Waals surface area (Å²) in [6.45, 7) is 5.29. The monoisotopic (exact) mass is 289 g/mol. The molecule has 6 heteroatoms. The van der Waals surface area contributed by atoms with Crippen LogP contribution in [0.5, 0.6) is 0 Å². The Kier molecular flexibility index (Phi) is 5.30. The molecular formula is C15H19N3O3. The predicted molar refractivity (Wildman–Crippen MR) is 79.3 cm³/mol. The SMILES string of the molecule is Cc1cc(C)c(NC(=O)N(C)C(C)CC#N)c(C(=O)O)c1. The van der Waals surface area contributed by atoms with Crippen LogP contribution < -0.4 is 5.32 Å². The van der Waals surface area contributed by atoms with Crippen LogP contribution in [-0.4, -0.2) is 35.1 Å². The zero-order valence-corrected chi connectivity index (χ0v) is 12.6. The number of hydrogen-bond acceptors (Lipinski definition) is 3. The van der Waals surface area contributed by atoms with Crippen molar-refractivity contribution in [2.24, 2.45) is 0 Å². The second kappa shape index (κ2) is 6.75. The van der Waals surface area contributed by atoms with Crippen molar-refractivity contribution < 1.29 is 14.7 Å². The van der Waals surface area contributed by atoms with Gasteiger partial charge in [0.15, 0.2) is 0 Å². The molecule has 0 bridgehead atoms. The first-order valence-electron chi connectivity index (χ1n) is 6.53. The van der Waals surface area contributed by atoms with Gasteiger partial charge >= 0.3 is 12.0 Å². The number of aryl methyl sites for hydroxylation is 2. The molecule has 2 N–H and O–H groups in total. The number of carboxylic acids is 1. The van der Waals surface area contributed by atoms with E-state index in [1.807, 2.05) is 6.07 Å². The van der Waals surface area contributed by atoms with Gasteiger partial charge in [0.05, 0.1) is 23.7 Å². The maximum atomic E-state index is 12.2. The zero-order valence-electron chi connectivity index (χ0n) is 12.6. The van der Waals surface area contributed by atoms with Crippen LogP contribution in [0.25, 0.3) is 0 Å². The number of nitriles is 1. The Morgan fingerprint density at radius 2 is 2.05 bits per heavy atom. The topological polar surface area (TPSA) is 93.4 Å². The normalized spacial score (nSPS) is 11.4. The van der Waals surface area contributed by atoms with Crippen molar-refractivity contribution in [1.82, 2.24) is 4.90 Å². The van der Waals surface area contributed by atoms with Crippen LogP contribution in [0.4, 0.5) is 10.5 Å². The molecule has 0 saturated heterocycles. The van der Waals surface area contributed by atoms with Crippen molar-refractivity contribution in [3.63, 3.8) is 0 Å². The number of urea groups is 1. The van der Waals surface area contributed by atoms with Crippen molar-refractivity contribution in [2.75, 3.05) is 12.4 Å². The summed E-state index contributed by atoms with van der Waals surface area (Å²) in [6.07, 6.45) is 0.211. The highest BCUT2D eigenvalue weighted by molar-refractivity contribution is 6.01. The average molecular weight is 289 g/mol. The van der Waals surface area contributed by atoms with Crippen LogP contribution in [0.2, 0.25) is 0 Å². The van der Waals surface area contributed by atoms with E-state index in [0.717, 1.165) is 5.56 Å². The van der Waals surface area contributed by atoms with Gasteiger partial charge in [-0.25, -0.2) is 9.59 Å². The number of carbonyl (C=O) groups is 2. The van der Waals surface area contributed by atoms with Gasteiger partial charge < -0.3 is 15.3 Å². The number of nitrogens with one attached hydrogen (secondary N) is 1. The highest BCUT2D eigenvalue weighted by Gasteiger charge is 2.20. The molecule has 0 spiro atoms. The number of anilines is 1. The van der Waals surface area contributed by atoms with Gasteiger partial charge in [-0.2, -0.15) is 5.26 Å². The minimum absolute atomic E-state index is 0.0576. The second-order valence-corrected chi connectivity index (χ2v) is 5.06. The minimum Gasteiger partial charge on any atom is -0.478 e. The van der Waals surface area contributed by atoms with E-state index in [1.54, 1.807) is 33.9 Å². The van der Waals surface area contributed by atoms with Crippen LogP contribution in [0, 0.1) is 25.2 Å². The highest BCUT2D eigenvalue weighted by atomic mass is 16.4. The predicted octanol–water partition coefficient (Wildman–Crippen LogP) is 2.77. The molecular weight excluding hydrogens is 270 g/mol. The van der Waals surface area contributed by atoms with E-state index in [1.165, 1.54) is 11.0 Å². The largest absolute Gasteiger partial charge is 0.478 e. The molecule has 0 aromatic heterocycles. The van der Waals surface area contributed by atoms with Gasteiger partial charge in [-0.05, 0) is 38.0 Å². The first kappa shape index (κ1) is 16.5. The van der Waals surface area contributed by atoms with E-state index in [9.17, 15) is 14.7 Å². The van der Waals surface area contributed by atoms with Crippen molar-refractivity contribution in [2.45, 2.75) is 33.2 Å². The van der Waals surface area contributed by atoms with E-state index in [2.05, 4.69) is 5.32 Å². The summed E-state index contributed by atoms with van der Waals surface area (Å²) >= 11 is 0. The maximum absolute atomic E-state index is 12.2. The molecule has 1 aromatic carbocycles. The van der Waals surface area contributed by atoms with E-state index < -0.39 is 12.0 Å². The van der Waals surface area contributed by atoms with Crippen molar-refractivity contribution in [3.05, 3.63) is 28.8 Å². The zero-order chi connectivity index (χ0) is 16.2. The van der Waals surface area contributed by atoms with Gasteiger partial charge in [0, 0.05) is 13.1 Å². The van der Waals surface area contributed by atoms with Gasteiger partial charge in [0.1, 0.15) is 0 Å². The molecule has 0 saturated carbocycles. The molecule has 0 fully saturated rings. The average Bonchev–Trinajstić information content (AvgIpc) is 2.40. The molecule has 1 unspecified atom stereocenters. The van der Waals surface area contributed by atoms with E-state index in [0.29, 0.717) is 5.56 Å². The van der Waals surface area contributed by atoms with Crippen LogP contribution >= 0.6 is 0 Å². The number of carbonyl (C=O) groups excluding carboxylic acids is 1. The second-order valence-electron chi connectivity index (χ2n) is 5.06. The Morgan fingerprint density at radius 3 is 2.57 bits per heavy atom. The summed E-state index contributed by atoms with van der Waals surface area (Å²) in [5.41, 5.74) is 1.84. The Morgan fingerprint density at radius 1 is 1.43 bits per heavy atom. The standard InChI is InChI=1S/C15H19N3O3/c1-9-7-10(2)13(12(8-9)14(19)20)17-15(21)18(4)11(3)5-6-16/h7-8,11H,5H2,1-4H3,(H,17,21)(H,19,20). The van der Waals surface area contributed by atoms with Crippen LogP contribution in [0.1, 0.15) is 34.8 Å². The van der Waals surface area contributed by atoms with Gasteiger partial charge in [-0.3, -0.25) is 0 Å². The lowest BCUT2D eigenvalue weighted by molar-refractivity contribution is 0.0698. The molecule has 2 amide bonds. The summed E-state index contributed by atoms with van der Waals surface area (Å²) in [5, 5.41) is 20.5. The minimum atomic E-state index is -1.09. The number of hydrogen-bond donors (Lipinski definition) is 2. The number of benzene rings is 1. The van der Waals surface area contributed by atoms with Gasteiger partial charge in [0.2, 0.25) is 0 Å². The Labute approximate surface area is 124 Å². The molecule has 0 radical (unpaired) electrons. The molecule has 0 aliphatic heterocycles. The van der Waals surface area contributed by atoms with Crippen LogP contribution in [0.15, 0.2) is 12.1 Å². The van der Waals surface area contributed by atoms with Gasteiger partial charge in [-0.15, -0.1) is 0 Å².